The van der Waals surface area contributed by atoms with E-state index in [1.54, 1.807) is 13.2 Å². The van der Waals surface area contributed by atoms with Crippen LogP contribution in [0.25, 0.3) is 0 Å². The molecule has 0 unspecified atom stereocenters. The van der Waals surface area contributed by atoms with Crippen LogP contribution < -0.4 is 14.2 Å². The number of fused-ring (bicyclic) bond motifs is 1. The van der Waals surface area contributed by atoms with Gasteiger partial charge < -0.3 is 19.3 Å². The second-order valence-electron chi connectivity index (χ2n) is 4.45. The molecule has 0 fully saturated rings. The lowest BCUT2D eigenvalue weighted by atomic mass is 9.84. The molecule has 4 heteroatoms. The van der Waals surface area contributed by atoms with Gasteiger partial charge in [-0.1, -0.05) is 13.8 Å². The molecule has 0 saturated carbocycles. The van der Waals surface area contributed by atoms with Crippen molar-refractivity contribution in [3.05, 3.63) is 17.7 Å². The third kappa shape index (κ3) is 1.69. The predicted octanol–water partition coefficient (Wildman–Crippen LogP) is 1.69. The van der Waals surface area contributed by atoms with E-state index in [4.69, 9.17) is 14.2 Å². The molecule has 0 radical (unpaired) electrons. The Labute approximate surface area is 94.8 Å². The number of rotatable bonds is 3. The molecule has 0 spiro atoms. The molecule has 1 heterocycles. The van der Waals surface area contributed by atoms with Crippen LogP contribution in [-0.2, 0) is 5.41 Å². The van der Waals surface area contributed by atoms with Crippen LogP contribution in [0.5, 0.6) is 17.2 Å². The van der Waals surface area contributed by atoms with Crippen LogP contribution in [0, 0.1) is 0 Å². The van der Waals surface area contributed by atoms with Crippen LogP contribution in [0.1, 0.15) is 19.4 Å². The van der Waals surface area contributed by atoms with E-state index in [-0.39, 0.29) is 18.8 Å². The smallest absolute Gasteiger partial charge is 0.231 e. The van der Waals surface area contributed by atoms with Crippen LogP contribution in [0.2, 0.25) is 0 Å². The highest BCUT2D eigenvalue weighted by Gasteiger charge is 2.27. The Kier molecular flexibility index (Phi) is 2.68. The number of ether oxygens (including phenoxy) is 3. The SMILES string of the molecule is COc1cc2c(cc1C(C)(C)CO)OCO2. The van der Waals surface area contributed by atoms with Gasteiger partial charge in [-0.25, -0.2) is 0 Å². The zero-order chi connectivity index (χ0) is 11.8. The summed E-state index contributed by atoms with van der Waals surface area (Å²) in [5.41, 5.74) is 0.550. The van der Waals surface area contributed by atoms with Gasteiger partial charge in [0.25, 0.3) is 0 Å². The van der Waals surface area contributed by atoms with Crippen molar-refractivity contribution in [2.24, 2.45) is 0 Å². The quantitative estimate of drug-likeness (QED) is 0.848. The Morgan fingerprint density at radius 2 is 1.94 bits per heavy atom. The molecule has 4 nitrogen and oxygen atoms in total. The van der Waals surface area contributed by atoms with Gasteiger partial charge in [0.15, 0.2) is 11.5 Å². The van der Waals surface area contributed by atoms with Gasteiger partial charge >= 0.3 is 0 Å². The fourth-order valence-electron chi connectivity index (χ4n) is 1.71. The third-order valence-corrected chi connectivity index (χ3v) is 2.82. The van der Waals surface area contributed by atoms with Crippen molar-refractivity contribution < 1.29 is 19.3 Å². The summed E-state index contributed by atoms with van der Waals surface area (Å²) >= 11 is 0. The van der Waals surface area contributed by atoms with E-state index in [1.165, 1.54) is 0 Å². The van der Waals surface area contributed by atoms with Crippen molar-refractivity contribution in [1.82, 2.24) is 0 Å². The number of hydrogen-bond acceptors (Lipinski definition) is 4. The summed E-state index contributed by atoms with van der Waals surface area (Å²) in [6.07, 6.45) is 0. The van der Waals surface area contributed by atoms with E-state index in [0.29, 0.717) is 17.2 Å². The lowest BCUT2D eigenvalue weighted by Gasteiger charge is -2.24. The largest absolute Gasteiger partial charge is 0.496 e. The lowest BCUT2D eigenvalue weighted by Crippen LogP contribution is -2.22. The summed E-state index contributed by atoms with van der Waals surface area (Å²) in [5, 5.41) is 9.39. The molecule has 0 aromatic heterocycles. The molecular weight excluding hydrogens is 208 g/mol. The van der Waals surface area contributed by atoms with E-state index in [0.717, 1.165) is 5.56 Å². The van der Waals surface area contributed by atoms with Crippen LogP contribution in [0.3, 0.4) is 0 Å². The molecule has 0 atom stereocenters. The second-order valence-corrected chi connectivity index (χ2v) is 4.45. The van der Waals surface area contributed by atoms with Gasteiger partial charge in [0, 0.05) is 17.0 Å². The lowest BCUT2D eigenvalue weighted by molar-refractivity contribution is 0.173. The number of benzene rings is 1. The zero-order valence-corrected chi connectivity index (χ0v) is 9.74. The first-order valence-electron chi connectivity index (χ1n) is 5.17. The van der Waals surface area contributed by atoms with Gasteiger partial charge in [0.2, 0.25) is 6.79 Å². The fraction of sp³-hybridized carbons (Fsp3) is 0.500. The highest BCUT2D eigenvalue weighted by molar-refractivity contribution is 5.54. The standard InChI is InChI=1S/C12H16O4/c1-12(2,6-13)8-4-10-11(16-7-15-10)5-9(8)14-3/h4-5,13H,6-7H2,1-3H3. The number of hydrogen-bond donors (Lipinski definition) is 1. The molecule has 1 N–H and O–H groups in total. The molecule has 16 heavy (non-hydrogen) atoms. The second kappa shape index (κ2) is 3.87. The first-order valence-corrected chi connectivity index (χ1v) is 5.17. The Morgan fingerprint density at radius 3 is 2.50 bits per heavy atom. The zero-order valence-electron chi connectivity index (χ0n) is 9.74. The van der Waals surface area contributed by atoms with Crippen molar-refractivity contribution in [3.63, 3.8) is 0 Å². The Hall–Kier alpha value is -1.42. The van der Waals surface area contributed by atoms with Crippen molar-refractivity contribution in [2.45, 2.75) is 19.3 Å². The first kappa shape index (κ1) is 11.1. The first-order chi connectivity index (χ1) is 7.58. The van der Waals surface area contributed by atoms with Crippen molar-refractivity contribution in [1.29, 1.82) is 0 Å². The molecular formula is C12H16O4. The molecule has 0 saturated heterocycles. The highest BCUT2D eigenvalue weighted by atomic mass is 16.7. The maximum Gasteiger partial charge on any atom is 0.231 e. The maximum atomic E-state index is 9.39. The maximum absolute atomic E-state index is 9.39. The van der Waals surface area contributed by atoms with Gasteiger partial charge in [-0.15, -0.1) is 0 Å². The minimum Gasteiger partial charge on any atom is -0.496 e. The normalized spacial score (nSPS) is 14.0. The van der Waals surface area contributed by atoms with Crippen LogP contribution in [0.4, 0.5) is 0 Å². The van der Waals surface area contributed by atoms with Crippen molar-refractivity contribution >= 4 is 0 Å². The van der Waals surface area contributed by atoms with Crippen LogP contribution in [0.15, 0.2) is 12.1 Å². The van der Waals surface area contributed by atoms with Gasteiger partial charge in [-0.2, -0.15) is 0 Å². The topological polar surface area (TPSA) is 47.9 Å². The molecule has 1 aromatic rings. The monoisotopic (exact) mass is 224 g/mol. The molecule has 2 rings (SSSR count). The molecule has 1 aliphatic rings. The number of methoxy groups -OCH3 is 1. The van der Waals surface area contributed by atoms with Crippen LogP contribution in [-0.4, -0.2) is 25.6 Å². The molecule has 0 bridgehead atoms. The Balaban J connectivity index is 2.52. The summed E-state index contributed by atoms with van der Waals surface area (Å²) in [6.45, 7) is 4.19. The number of aliphatic hydroxyl groups is 1. The van der Waals surface area contributed by atoms with Crippen molar-refractivity contribution in [2.75, 3.05) is 20.5 Å². The van der Waals surface area contributed by atoms with E-state index < -0.39 is 0 Å². The average molecular weight is 224 g/mol. The average Bonchev–Trinajstić information content (AvgIpc) is 2.74. The summed E-state index contributed by atoms with van der Waals surface area (Å²) in [7, 11) is 1.61. The molecule has 88 valence electrons. The van der Waals surface area contributed by atoms with Gasteiger partial charge in [0.1, 0.15) is 5.75 Å². The predicted molar refractivity (Wildman–Crippen MR) is 59.2 cm³/mol. The van der Waals surface area contributed by atoms with E-state index in [2.05, 4.69) is 0 Å². The Morgan fingerprint density at radius 1 is 1.31 bits per heavy atom. The van der Waals surface area contributed by atoms with E-state index in [9.17, 15) is 5.11 Å². The van der Waals surface area contributed by atoms with Crippen LogP contribution >= 0.6 is 0 Å². The summed E-state index contributed by atoms with van der Waals surface area (Å²) in [6, 6.07) is 3.67. The van der Waals surface area contributed by atoms with Gasteiger partial charge in [0.05, 0.1) is 13.7 Å². The summed E-state index contributed by atoms with van der Waals surface area (Å²) < 4.78 is 15.9. The molecule has 0 aliphatic carbocycles. The van der Waals surface area contributed by atoms with Gasteiger partial charge in [-0.3, -0.25) is 0 Å². The summed E-state index contributed by atoms with van der Waals surface area (Å²) in [5.74, 6) is 2.11. The molecule has 1 aliphatic heterocycles. The third-order valence-electron chi connectivity index (χ3n) is 2.82. The Bertz CT molecular complexity index is 398. The highest BCUT2D eigenvalue weighted by Crippen LogP contribution is 2.42. The van der Waals surface area contributed by atoms with E-state index in [1.807, 2.05) is 19.9 Å². The van der Waals surface area contributed by atoms with E-state index >= 15 is 0 Å². The minimum atomic E-state index is -0.369. The van der Waals surface area contributed by atoms with Crippen molar-refractivity contribution in [3.8, 4) is 17.2 Å². The molecule has 0 amide bonds. The van der Waals surface area contributed by atoms with Gasteiger partial charge in [-0.05, 0) is 6.07 Å². The molecule has 1 aromatic carbocycles. The number of aliphatic hydroxyl groups excluding tert-OH is 1. The fourth-order valence-corrected chi connectivity index (χ4v) is 1.71. The minimum absolute atomic E-state index is 0.0446. The summed E-state index contributed by atoms with van der Waals surface area (Å²) in [4.78, 5) is 0.